The maximum Gasteiger partial charge on any atom is 0.259 e. The maximum absolute atomic E-state index is 13.6. The molecule has 1 aromatic heterocycles. The minimum Gasteiger partial charge on any atom is -0.350 e. The third kappa shape index (κ3) is 7.08. The minimum absolute atomic E-state index is 0.0230. The van der Waals surface area contributed by atoms with E-state index >= 15 is 0 Å². The zero-order chi connectivity index (χ0) is 29.6. The van der Waals surface area contributed by atoms with Gasteiger partial charge in [-0.15, -0.1) is 11.3 Å². The molecule has 3 atom stereocenters. The van der Waals surface area contributed by atoms with Crippen molar-refractivity contribution in [2.45, 2.75) is 67.1 Å². The SMILES string of the molecule is CCC[C@](C(=O)NN)(c1ccc(C)cc1[C@H](CNS(=O)(=O)c1cccs1)C(=O)NOC1CCCCO1)S(C)(=O)=O. The first kappa shape index (κ1) is 32.1. The van der Waals surface area contributed by atoms with Crippen LogP contribution in [0.1, 0.15) is 61.6 Å². The number of amides is 2. The van der Waals surface area contributed by atoms with Crippen molar-refractivity contribution in [3.63, 3.8) is 0 Å². The van der Waals surface area contributed by atoms with Crippen molar-refractivity contribution in [1.29, 1.82) is 0 Å². The molecule has 0 saturated carbocycles. The van der Waals surface area contributed by atoms with Gasteiger partial charge in [0.15, 0.2) is 20.9 Å². The van der Waals surface area contributed by atoms with Gasteiger partial charge in [0.05, 0.1) is 5.92 Å². The Morgan fingerprint density at radius 2 is 1.98 bits per heavy atom. The molecule has 1 aliphatic rings. The van der Waals surface area contributed by atoms with Crippen LogP contribution in [0.15, 0.2) is 39.9 Å². The summed E-state index contributed by atoms with van der Waals surface area (Å²) in [4.78, 5) is 32.3. The number of nitrogens with one attached hydrogen (secondary N) is 3. The molecule has 3 rings (SSSR count). The highest BCUT2D eigenvalue weighted by Crippen LogP contribution is 2.40. The third-order valence-electron chi connectivity index (χ3n) is 6.73. The lowest BCUT2D eigenvalue weighted by Gasteiger charge is -2.34. The van der Waals surface area contributed by atoms with Gasteiger partial charge in [-0.25, -0.2) is 37.7 Å². The summed E-state index contributed by atoms with van der Waals surface area (Å²) in [6.07, 6.45) is 2.66. The summed E-state index contributed by atoms with van der Waals surface area (Å²) in [6.45, 7) is 3.46. The summed E-state index contributed by atoms with van der Waals surface area (Å²) in [5.41, 5.74) is 5.16. The summed E-state index contributed by atoms with van der Waals surface area (Å²) >= 11 is 1.00. The second-order valence-electron chi connectivity index (χ2n) is 9.63. The topological polar surface area (TPSA) is 183 Å². The molecule has 0 bridgehead atoms. The van der Waals surface area contributed by atoms with Gasteiger partial charge in [0.2, 0.25) is 10.0 Å². The quantitative estimate of drug-likeness (QED) is 0.148. The molecule has 222 valence electrons. The number of hydrogen-bond acceptors (Lipinski definition) is 10. The van der Waals surface area contributed by atoms with E-state index in [4.69, 9.17) is 15.4 Å². The largest absolute Gasteiger partial charge is 0.350 e. The van der Waals surface area contributed by atoms with Gasteiger partial charge in [-0.2, -0.15) is 0 Å². The molecule has 0 aliphatic carbocycles. The fraction of sp³-hybridized carbons (Fsp3) is 0.520. The molecular weight excluding hydrogens is 580 g/mol. The summed E-state index contributed by atoms with van der Waals surface area (Å²) in [5.74, 6) is 2.46. The Kier molecular flexibility index (Phi) is 10.8. The molecule has 0 spiro atoms. The number of nitrogens with two attached hydrogens (primary N) is 1. The average molecular weight is 617 g/mol. The normalized spacial score (nSPS) is 18.4. The first-order valence-corrected chi connectivity index (χ1v) is 17.0. The van der Waals surface area contributed by atoms with Crippen molar-refractivity contribution in [2.75, 3.05) is 19.4 Å². The van der Waals surface area contributed by atoms with Crippen molar-refractivity contribution in [2.24, 2.45) is 5.84 Å². The monoisotopic (exact) mass is 616 g/mol. The number of carbonyl (C=O) groups excluding carboxylic acids is 2. The summed E-state index contributed by atoms with van der Waals surface area (Å²) in [6, 6.07) is 7.66. The second-order valence-corrected chi connectivity index (χ2v) is 14.8. The Balaban J connectivity index is 2.13. The number of sulfonamides is 1. The number of carbonyl (C=O) groups is 2. The zero-order valence-electron chi connectivity index (χ0n) is 22.6. The lowest BCUT2D eigenvalue weighted by Crippen LogP contribution is -2.53. The van der Waals surface area contributed by atoms with Gasteiger partial charge in [-0.3, -0.25) is 15.0 Å². The standard InChI is InChI=1S/C25H36N4O8S3/c1-4-12-25(24(31)28-26,39(3,32)33)20-11-10-17(2)15-18(20)19(16-27-40(34,35)22-9-7-14-38-22)23(30)29-37-21-8-5-6-13-36-21/h7,9-11,14-15,19,21,27H,4-6,8,12-13,16,26H2,1-3H3,(H,28,31)(H,29,30)/t19-,21?,25+/m0/s1. The number of benzene rings is 1. The van der Waals surface area contributed by atoms with Crippen molar-refractivity contribution >= 4 is 43.0 Å². The predicted molar refractivity (Wildman–Crippen MR) is 150 cm³/mol. The first-order chi connectivity index (χ1) is 18.9. The number of hydrogen-bond donors (Lipinski definition) is 4. The summed E-state index contributed by atoms with van der Waals surface area (Å²) in [7, 11) is -8.17. The molecule has 15 heteroatoms. The smallest absolute Gasteiger partial charge is 0.259 e. The van der Waals surface area contributed by atoms with E-state index < -0.39 is 55.2 Å². The van der Waals surface area contributed by atoms with Crippen molar-refractivity contribution < 1.29 is 36.0 Å². The van der Waals surface area contributed by atoms with E-state index in [9.17, 15) is 26.4 Å². The molecule has 1 saturated heterocycles. The molecule has 40 heavy (non-hydrogen) atoms. The van der Waals surface area contributed by atoms with Gasteiger partial charge < -0.3 is 4.74 Å². The molecule has 1 aromatic carbocycles. The fourth-order valence-corrected chi connectivity index (χ4v) is 8.39. The lowest BCUT2D eigenvalue weighted by molar-refractivity contribution is -0.201. The van der Waals surface area contributed by atoms with E-state index in [2.05, 4.69) is 10.2 Å². The van der Waals surface area contributed by atoms with E-state index in [1.54, 1.807) is 37.4 Å². The number of rotatable bonds is 13. The molecule has 12 nitrogen and oxygen atoms in total. The van der Waals surface area contributed by atoms with Crippen LogP contribution in [-0.4, -0.2) is 54.3 Å². The Bertz CT molecular complexity index is 1390. The molecule has 2 amide bonds. The van der Waals surface area contributed by atoms with E-state index in [1.165, 1.54) is 12.1 Å². The average Bonchev–Trinajstić information content (AvgIpc) is 3.47. The highest BCUT2D eigenvalue weighted by molar-refractivity contribution is 7.92. The molecule has 1 fully saturated rings. The third-order valence-corrected chi connectivity index (χ3v) is 11.4. The number of thiophene rings is 1. The van der Waals surface area contributed by atoms with Crippen LogP contribution in [0.4, 0.5) is 0 Å². The van der Waals surface area contributed by atoms with Gasteiger partial charge in [0.1, 0.15) is 4.21 Å². The fourth-order valence-electron chi connectivity index (χ4n) is 4.75. The lowest BCUT2D eigenvalue weighted by atomic mass is 9.82. The van der Waals surface area contributed by atoms with Crippen LogP contribution in [0.5, 0.6) is 0 Å². The van der Waals surface area contributed by atoms with Gasteiger partial charge in [-0.1, -0.05) is 43.2 Å². The Morgan fingerprint density at radius 1 is 1.23 bits per heavy atom. The van der Waals surface area contributed by atoms with Crippen LogP contribution < -0.4 is 21.5 Å². The van der Waals surface area contributed by atoms with Gasteiger partial charge in [0.25, 0.3) is 11.8 Å². The van der Waals surface area contributed by atoms with Crippen molar-refractivity contribution in [3.05, 3.63) is 52.4 Å². The number of sulfone groups is 1. The Morgan fingerprint density at radius 3 is 2.55 bits per heavy atom. The van der Waals surface area contributed by atoms with Gasteiger partial charge in [-0.05, 0) is 48.8 Å². The van der Waals surface area contributed by atoms with Crippen molar-refractivity contribution in [1.82, 2.24) is 15.6 Å². The number of aryl methyl sites for hydroxylation is 1. The predicted octanol–water partition coefficient (Wildman–Crippen LogP) is 1.72. The number of hydroxylamine groups is 1. The minimum atomic E-state index is -4.17. The summed E-state index contributed by atoms with van der Waals surface area (Å²) < 4.78 is 58.4. The van der Waals surface area contributed by atoms with E-state index in [1.807, 2.05) is 5.43 Å². The van der Waals surface area contributed by atoms with Crippen LogP contribution in [-0.2, 0) is 43.8 Å². The zero-order valence-corrected chi connectivity index (χ0v) is 25.1. The highest BCUT2D eigenvalue weighted by atomic mass is 32.2. The molecule has 1 unspecified atom stereocenters. The molecule has 2 aromatic rings. The van der Waals surface area contributed by atoms with Gasteiger partial charge >= 0.3 is 0 Å². The van der Waals surface area contributed by atoms with E-state index in [0.29, 0.717) is 18.6 Å². The van der Waals surface area contributed by atoms with Crippen LogP contribution in [0, 0.1) is 6.92 Å². The van der Waals surface area contributed by atoms with Crippen LogP contribution in [0.2, 0.25) is 0 Å². The first-order valence-electron chi connectivity index (χ1n) is 12.8. The Labute approximate surface area is 238 Å². The van der Waals surface area contributed by atoms with E-state index in [0.717, 1.165) is 30.4 Å². The summed E-state index contributed by atoms with van der Waals surface area (Å²) in [5, 5.41) is 1.60. The van der Waals surface area contributed by atoms with Crippen LogP contribution in [0.25, 0.3) is 0 Å². The molecular formula is C25H36N4O8S3. The van der Waals surface area contributed by atoms with Crippen molar-refractivity contribution in [3.8, 4) is 0 Å². The molecule has 1 aliphatic heterocycles. The second kappa shape index (κ2) is 13.5. The van der Waals surface area contributed by atoms with E-state index in [-0.39, 0.29) is 28.2 Å². The number of ether oxygens (including phenoxy) is 1. The highest BCUT2D eigenvalue weighted by Gasteiger charge is 2.51. The van der Waals surface area contributed by atoms with Gasteiger partial charge in [0, 0.05) is 25.8 Å². The van der Waals surface area contributed by atoms with Crippen LogP contribution in [0.3, 0.4) is 0 Å². The Hall–Kier alpha value is -2.40. The molecule has 0 radical (unpaired) electrons. The molecule has 5 N–H and O–H groups in total. The number of hydrazine groups is 1. The van der Waals surface area contributed by atoms with Crippen LogP contribution >= 0.6 is 11.3 Å². The molecule has 2 heterocycles. The maximum atomic E-state index is 13.6.